The quantitative estimate of drug-likeness (QED) is 0.719. The van der Waals surface area contributed by atoms with Crippen LogP contribution in [0.3, 0.4) is 0 Å². The number of hydrogen-bond donors (Lipinski definition) is 2. The molecule has 1 aliphatic heterocycles. The van der Waals surface area contributed by atoms with Crippen LogP contribution >= 0.6 is 0 Å². The topological polar surface area (TPSA) is 53.6 Å². The molecule has 1 atom stereocenters. The van der Waals surface area contributed by atoms with Crippen molar-refractivity contribution in [3.05, 3.63) is 11.4 Å². The molecule has 0 aromatic carbocycles. The summed E-state index contributed by atoms with van der Waals surface area (Å²) < 4.78 is 36.5. The largest absolute Gasteiger partial charge is 0.389 e. The molecule has 1 aromatic heterocycles. The van der Waals surface area contributed by atoms with Crippen molar-refractivity contribution >= 4 is 0 Å². The van der Waals surface area contributed by atoms with Crippen molar-refractivity contribution in [1.82, 2.24) is 20.7 Å². The van der Waals surface area contributed by atoms with Crippen molar-refractivity contribution in [2.75, 3.05) is 6.54 Å². The first-order valence-electron chi connectivity index (χ1n) is 4.23. The van der Waals surface area contributed by atoms with E-state index in [-0.39, 0.29) is 0 Å². The summed E-state index contributed by atoms with van der Waals surface area (Å²) >= 11 is 0. The van der Waals surface area contributed by atoms with E-state index < -0.39 is 18.5 Å². The number of nitrogens with one attached hydrogen (secondary N) is 2. The highest BCUT2D eigenvalue weighted by molar-refractivity contribution is 5.17. The van der Waals surface area contributed by atoms with Crippen molar-refractivity contribution in [3.8, 4) is 0 Å². The van der Waals surface area contributed by atoms with Crippen molar-refractivity contribution in [3.63, 3.8) is 0 Å². The molecule has 4 nitrogen and oxygen atoms in total. The molecular formula is C7H9F3N4. The first kappa shape index (κ1) is 9.45. The molecule has 0 saturated carbocycles. The first-order valence-corrected chi connectivity index (χ1v) is 4.23. The molecule has 0 bridgehead atoms. The highest BCUT2D eigenvalue weighted by Gasteiger charge is 2.36. The van der Waals surface area contributed by atoms with E-state index in [1.165, 1.54) is 0 Å². The van der Waals surface area contributed by atoms with Crippen LogP contribution in [0, 0.1) is 0 Å². The highest BCUT2D eigenvalue weighted by atomic mass is 19.4. The lowest BCUT2D eigenvalue weighted by Gasteiger charge is -2.21. The van der Waals surface area contributed by atoms with Gasteiger partial charge >= 0.3 is 6.18 Å². The highest BCUT2D eigenvalue weighted by Crippen LogP contribution is 2.32. The summed E-state index contributed by atoms with van der Waals surface area (Å²) in [5.74, 6) is -0.613. The Labute approximate surface area is 77.9 Å². The van der Waals surface area contributed by atoms with Crippen LogP contribution in [0.25, 0.3) is 0 Å². The summed E-state index contributed by atoms with van der Waals surface area (Å²) in [7, 11) is 0. The molecule has 0 aliphatic carbocycles. The molecule has 1 aliphatic rings. The average Bonchev–Trinajstić information content (AvgIpc) is 2.49. The molecule has 1 unspecified atom stereocenters. The number of H-pyrrole nitrogens is 1. The van der Waals surface area contributed by atoms with E-state index in [9.17, 15) is 13.2 Å². The number of nitrogens with zero attached hydrogens (tertiary/aromatic N) is 2. The molecule has 2 heterocycles. The van der Waals surface area contributed by atoms with Gasteiger partial charge in [0.1, 0.15) is 0 Å². The van der Waals surface area contributed by atoms with Crippen molar-refractivity contribution in [2.24, 2.45) is 0 Å². The molecule has 0 fully saturated rings. The van der Waals surface area contributed by atoms with E-state index in [4.69, 9.17) is 0 Å². The van der Waals surface area contributed by atoms with Crippen molar-refractivity contribution in [2.45, 2.75) is 25.1 Å². The van der Waals surface area contributed by atoms with Gasteiger partial charge in [-0.15, -0.1) is 0 Å². The van der Waals surface area contributed by atoms with Gasteiger partial charge in [0.15, 0.2) is 0 Å². The zero-order chi connectivity index (χ0) is 10.2. The smallest absolute Gasteiger partial charge is 0.310 e. The van der Waals surface area contributed by atoms with E-state index in [0.717, 1.165) is 0 Å². The normalized spacial score (nSPS) is 22.1. The number of halogens is 3. The van der Waals surface area contributed by atoms with Gasteiger partial charge < -0.3 is 5.32 Å². The number of rotatable bonds is 1. The fraction of sp³-hybridized carbons (Fsp3) is 0.714. The number of alkyl halides is 3. The Morgan fingerprint density at radius 3 is 2.86 bits per heavy atom. The van der Waals surface area contributed by atoms with Gasteiger partial charge in [-0.2, -0.15) is 28.6 Å². The lowest BCUT2D eigenvalue weighted by molar-refractivity contribution is -0.139. The molecule has 1 aromatic rings. The number of hydrogen-bond acceptors (Lipinski definition) is 3. The molecule has 2 N–H and O–H groups in total. The molecular weight excluding hydrogens is 197 g/mol. The molecule has 0 spiro atoms. The Bertz CT molecular complexity index is 319. The third-order valence-corrected chi connectivity index (χ3v) is 2.20. The summed E-state index contributed by atoms with van der Waals surface area (Å²) in [6.45, 7) is 0.791. The third kappa shape index (κ3) is 1.87. The standard InChI is InChI=1S/C7H9F3N4/c8-7(9,10)1-4-2-11-3-5-6(4)13-14-12-5/h4,11H,1-3H2,(H,12,13,14). The second-order valence-corrected chi connectivity index (χ2v) is 3.30. The monoisotopic (exact) mass is 206 g/mol. The Morgan fingerprint density at radius 2 is 2.14 bits per heavy atom. The third-order valence-electron chi connectivity index (χ3n) is 2.20. The number of fused-ring (bicyclic) bond motifs is 1. The van der Waals surface area contributed by atoms with Crippen LogP contribution in [0.1, 0.15) is 23.7 Å². The fourth-order valence-corrected chi connectivity index (χ4v) is 1.63. The summed E-state index contributed by atoms with van der Waals surface area (Å²) in [5.41, 5.74) is 1.03. The van der Waals surface area contributed by atoms with Crippen LogP contribution in [-0.2, 0) is 6.54 Å². The Hall–Kier alpha value is -1.11. The van der Waals surface area contributed by atoms with Crippen LogP contribution in [0.4, 0.5) is 13.2 Å². The van der Waals surface area contributed by atoms with Gasteiger partial charge in [-0.05, 0) is 0 Å². The Kier molecular flexibility index (Phi) is 2.18. The first-order chi connectivity index (χ1) is 6.56. The van der Waals surface area contributed by atoms with Crippen LogP contribution < -0.4 is 5.32 Å². The predicted octanol–water partition coefficient (Wildman–Crippen LogP) is 0.944. The maximum Gasteiger partial charge on any atom is 0.389 e. The molecule has 14 heavy (non-hydrogen) atoms. The van der Waals surface area contributed by atoms with E-state index in [0.29, 0.717) is 24.5 Å². The molecule has 0 amide bonds. The minimum absolute atomic E-state index is 0.305. The number of aromatic amines is 1. The Morgan fingerprint density at radius 1 is 1.36 bits per heavy atom. The van der Waals surface area contributed by atoms with Crippen LogP contribution in [-0.4, -0.2) is 28.1 Å². The Balaban J connectivity index is 2.16. The van der Waals surface area contributed by atoms with Gasteiger partial charge in [0, 0.05) is 19.0 Å². The lowest BCUT2D eigenvalue weighted by atomic mass is 9.96. The van der Waals surface area contributed by atoms with Crippen molar-refractivity contribution in [1.29, 1.82) is 0 Å². The van der Waals surface area contributed by atoms with Gasteiger partial charge in [-0.1, -0.05) is 0 Å². The van der Waals surface area contributed by atoms with E-state index >= 15 is 0 Å². The summed E-state index contributed by atoms with van der Waals surface area (Å²) in [5, 5.41) is 12.7. The zero-order valence-corrected chi connectivity index (χ0v) is 7.23. The molecule has 2 rings (SSSR count). The van der Waals surface area contributed by atoms with E-state index in [2.05, 4.69) is 20.7 Å². The van der Waals surface area contributed by atoms with Crippen molar-refractivity contribution < 1.29 is 13.2 Å². The molecule has 0 radical (unpaired) electrons. The van der Waals surface area contributed by atoms with E-state index in [1.54, 1.807) is 0 Å². The second kappa shape index (κ2) is 3.23. The minimum Gasteiger partial charge on any atom is -0.310 e. The minimum atomic E-state index is -4.15. The number of aromatic nitrogens is 3. The van der Waals surface area contributed by atoms with Gasteiger partial charge in [0.25, 0.3) is 0 Å². The predicted molar refractivity (Wildman–Crippen MR) is 41.5 cm³/mol. The van der Waals surface area contributed by atoms with Crippen LogP contribution in [0.2, 0.25) is 0 Å². The summed E-state index contributed by atoms with van der Waals surface area (Å²) in [6, 6.07) is 0. The maximum absolute atomic E-state index is 12.2. The van der Waals surface area contributed by atoms with Crippen LogP contribution in [0.15, 0.2) is 0 Å². The maximum atomic E-state index is 12.2. The molecule has 0 saturated heterocycles. The fourth-order valence-electron chi connectivity index (χ4n) is 1.63. The summed E-state index contributed by atoms with van der Waals surface area (Å²) in [4.78, 5) is 0. The van der Waals surface area contributed by atoms with Gasteiger partial charge in [-0.3, -0.25) is 0 Å². The van der Waals surface area contributed by atoms with Crippen LogP contribution in [0.5, 0.6) is 0 Å². The summed E-state index contributed by atoms with van der Waals surface area (Å²) in [6.07, 6.45) is -5.00. The van der Waals surface area contributed by atoms with Gasteiger partial charge in [0.2, 0.25) is 0 Å². The molecule has 7 heteroatoms. The average molecular weight is 206 g/mol. The lowest BCUT2D eigenvalue weighted by Crippen LogP contribution is -2.31. The van der Waals surface area contributed by atoms with Gasteiger partial charge in [-0.25, -0.2) is 0 Å². The van der Waals surface area contributed by atoms with Gasteiger partial charge in [0.05, 0.1) is 17.8 Å². The zero-order valence-electron chi connectivity index (χ0n) is 7.23. The SMILES string of the molecule is FC(F)(F)CC1CNCc2n[nH]nc21. The second-order valence-electron chi connectivity index (χ2n) is 3.30. The van der Waals surface area contributed by atoms with E-state index in [1.807, 2.05) is 0 Å². The molecule has 78 valence electrons.